The Labute approximate surface area is 294 Å². The zero-order chi connectivity index (χ0) is 35.9. The topological polar surface area (TPSA) is 208 Å². The van der Waals surface area contributed by atoms with E-state index in [0.717, 1.165) is 38.5 Å². The summed E-state index contributed by atoms with van der Waals surface area (Å²) in [4.78, 5) is 0. The van der Waals surface area contributed by atoms with Crippen LogP contribution in [-0.2, 0) is 23.7 Å². The summed E-state index contributed by atoms with van der Waals surface area (Å²) in [6.45, 7) is 10.7. The Morgan fingerprint density at radius 2 is 1.46 bits per heavy atom. The van der Waals surface area contributed by atoms with Gasteiger partial charge in [0.2, 0.25) is 0 Å². The van der Waals surface area contributed by atoms with Gasteiger partial charge in [-0.1, -0.05) is 34.6 Å². The number of rotatable bonds is 5. The summed E-state index contributed by atoms with van der Waals surface area (Å²) in [5.74, 6) is 0.696. The Bertz CT molecular complexity index is 1300. The maximum atomic E-state index is 11.2. The van der Waals surface area contributed by atoms with Gasteiger partial charge in [0.05, 0.1) is 31.5 Å². The van der Waals surface area contributed by atoms with Gasteiger partial charge in [-0.3, -0.25) is 0 Å². The average molecular weight is 713 g/mol. The second kappa shape index (κ2) is 12.0. The van der Waals surface area contributed by atoms with E-state index in [2.05, 4.69) is 34.6 Å². The Balaban J connectivity index is 1.16. The molecule has 0 aromatic rings. The third-order valence-electron chi connectivity index (χ3n) is 16.5. The summed E-state index contributed by atoms with van der Waals surface area (Å²) in [7, 11) is 0. The van der Waals surface area contributed by atoms with Crippen LogP contribution in [-0.4, -0.2) is 134 Å². The molecular weight excluding hydrogens is 652 g/mol. The first-order chi connectivity index (χ1) is 23.5. The number of hydrogen-bond acceptors (Lipinski definition) is 13. The minimum absolute atomic E-state index is 0.00209. The maximum Gasteiger partial charge on any atom is 0.186 e. The van der Waals surface area contributed by atoms with E-state index >= 15 is 0 Å². The molecule has 13 nitrogen and oxygen atoms in total. The van der Waals surface area contributed by atoms with Gasteiger partial charge in [-0.05, 0) is 95.7 Å². The van der Waals surface area contributed by atoms with Gasteiger partial charge in [-0.25, -0.2) is 0 Å². The van der Waals surface area contributed by atoms with Crippen LogP contribution in [0.4, 0.5) is 0 Å². The fraction of sp³-hybridized carbons (Fsp3) is 1.00. The molecule has 0 amide bonds. The number of aliphatic hydroxyl groups excluding tert-OH is 8. The molecule has 21 atom stereocenters. The van der Waals surface area contributed by atoms with Crippen LogP contribution in [0.5, 0.6) is 0 Å². The van der Waals surface area contributed by atoms with Crippen LogP contribution in [0.1, 0.15) is 86.0 Å². The summed E-state index contributed by atoms with van der Waals surface area (Å²) in [5, 5.41) is 84.3. The van der Waals surface area contributed by atoms with Gasteiger partial charge >= 0.3 is 0 Å². The Kier molecular flexibility index (Phi) is 8.74. The normalized spacial score (nSPS) is 61.3. The molecule has 5 aliphatic carbocycles. The maximum absolute atomic E-state index is 11.2. The van der Waals surface area contributed by atoms with Crippen molar-refractivity contribution < 1.29 is 64.5 Å². The quantitative estimate of drug-likeness (QED) is 0.182. The smallest absolute Gasteiger partial charge is 0.186 e. The molecule has 2 unspecified atom stereocenters. The number of fused-ring (bicyclic) bond motifs is 4. The first kappa shape index (κ1) is 36.5. The van der Waals surface area contributed by atoms with Gasteiger partial charge in [-0.2, -0.15) is 0 Å². The van der Waals surface area contributed by atoms with E-state index in [1.54, 1.807) is 0 Å². The van der Waals surface area contributed by atoms with Crippen molar-refractivity contribution in [2.75, 3.05) is 13.2 Å². The third kappa shape index (κ3) is 4.78. The van der Waals surface area contributed by atoms with Crippen molar-refractivity contribution >= 4 is 0 Å². The summed E-state index contributed by atoms with van der Waals surface area (Å²) < 4.78 is 31.4. The molecule has 50 heavy (non-hydrogen) atoms. The van der Waals surface area contributed by atoms with E-state index in [9.17, 15) is 40.9 Å². The highest BCUT2D eigenvalue weighted by molar-refractivity contribution is 5.33. The SMILES string of the molecule is C[C@@H]1CC(O)O[C@H]2C[C@@]3(C)[C@@H]4[C@@H](O[C@H]5O[C@@H](CO)[C@H](O)[C@@H](O)[C@@H]5O)CC5C(C)(C)[C@@H](O[C@@H]6OC[C@@H](O)[C@H](O)[C@H]6O)CC[C@@]56C[C@@]46CC[C@]3(C)[C@@H]12. The molecule has 286 valence electrons. The first-order valence-electron chi connectivity index (χ1n) is 19.1. The zero-order valence-electron chi connectivity index (χ0n) is 30.0. The van der Waals surface area contributed by atoms with Crippen molar-refractivity contribution in [3.63, 3.8) is 0 Å². The van der Waals surface area contributed by atoms with Gasteiger partial charge in [0.15, 0.2) is 18.9 Å². The number of hydrogen-bond donors (Lipinski definition) is 8. The molecule has 13 heteroatoms. The van der Waals surface area contributed by atoms with E-state index in [0.29, 0.717) is 12.8 Å². The van der Waals surface area contributed by atoms with Crippen molar-refractivity contribution in [3.05, 3.63) is 0 Å². The number of ether oxygens (including phenoxy) is 5. The average Bonchev–Trinajstić information content (AvgIpc) is 3.64. The molecule has 5 saturated carbocycles. The molecule has 3 saturated heterocycles. The van der Waals surface area contributed by atoms with E-state index in [1.165, 1.54) is 0 Å². The monoisotopic (exact) mass is 712 g/mol. The molecule has 0 bridgehead atoms. The minimum atomic E-state index is -1.56. The summed E-state index contributed by atoms with van der Waals surface area (Å²) in [6.07, 6.45) is -6.88. The van der Waals surface area contributed by atoms with E-state index in [-0.39, 0.29) is 64.1 Å². The third-order valence-corrected chi connectivity index (χ3v) is 16.5. The molecule has 3 aliphatic heterocycles. The van der Waals surface area contributed by atoms with Crippen molar-refractivity contribution in [3.8, 4) is 0 Å². The zero-order valence-corrected chi connectivity index (χ0v) is 30.0. The minimum Gasteiger partial charge on any atom is -0.394 e. The fourth-order valence-corrected chi connectivity index (χ4v) is 14.0. The van der Waals surface area contributed by atoms with Crippen LogP contribution in [0.2, 0.25) is 0 Å². The van der Waals surface area contributed by atoms with Crippen molar-refractivity contribution in [2.45, 2.75) is 166 Å². The summed E-state index contributed by atoms with van der Waals surface area (Å²) in [5.41, 5.74) is -0.859. The van der Waals surface area contributed by atoms with Crippen molar-refractivity contribution in [1.29, 1.82) is 0 Å². The predicted octanol–water partition coefficient (Wildman–Crippen LogP) is 0.398. The van der Waals surface area contributed by atoms with E-state index in [4.69, 9.17) is 23.7 Å². The Morgan fingerprint density at radius 1 is 0.740 bits per heavy atom. The van der Waals surface area contributed by atoms with Gasteiger partial charge in [-0.15, -0.1) is 0 Å². The van der Waals surface area contributed by atoms with Crippen LogP contribution in [0, 0.1) is 50.7 Å². The van der Waals surface area contributed by atoms with Crippen LogP contribution in [0.3, 0.4) is 0 Å². The highest BCUT2D eigenvalue weighted by Gasteiger charge is 2.85. The molecule has 0 radical (unpaired) electrons. The van der Waals surface area contributed by atoms with Gasteiger partial charge in [0.25, 0.3) is 0 Å². The van der Waals surface area contributed by atoms with Gasteiger partial charge in [0.1, 0.15) is 42.7 Å². The van der Waals surface area contributed by atoms with E-state index in [1.807, 2.05) is 0 Å². The Hall–Kier alpha value is -0.520. The fourth-order valence-electron chi connectivity index (χ4n) is 14.0. The van der Waals surface area contributed by atoms with Crippen LogP contribution in [0.25, 0.3) is 0 Å². The number of aliphatic hydroxyl groups is 8. The Morgan fingerprint density at radius 3 is 2.18 bits per heavy atom. The lowest BCUT2D eigenvalue weighted by molar-refractivity contribution is -0.335. The predicted molar refractivity (Wildman–Crippen MR) is 174 cm³/mol. The second-order valence-corrected chi connectivity index (χ2v) is 18.8. The van der Waals surface area contributed by atoms with Gasteiger partial charge < -0.3 is 64.5 Å². The molecule has 8 rings (SSSR count). The lowest BCUT2D eigenvalue weighted by Crippen LogP contribution is -2.65. The summed E-state index contributed by atoms with van der Waals surface area (Å²) >= 11 is 0. The van der Waals surface area contributed by atoms with Crippen molar-refractivity contribution in [1.82, 2.24) is 0 Å². The van der Waals surface area contributed by atoms with Crippen LogP contribution >= 0.6 is 0 Å². The molecule has 8 aliphatic rings. The molecule has 8 N–H and O–H groups in total. The molecule has 0 aromatic carbocycles. The highest BCUT2D eigenvalue weighted by atomic mass is 16.7. The molecular formula is C37H60O13. The van der Waals surface area contributed by atoms with Crippen LogP contribution < -0.4 is 0 Å². The lowest BCUT2D eigenvalue weighted by atomic mass is 9.41. The molecule has 2 spiro atoms. The van der Waals surface area contributed by atoms with E-state index < -0.39 is 79.7 Å². The van der Waals surface area contributed by atoms with Crippen LogP contribution in [0.15, 0.2) is 0 Å². The lowest BCUT2D eigenvalue weighted by Gasteiger charge is -2.65. The summed E-state index contributed by atoms with van der Waals surface area (Å²) in [6, 6.07) is 0. The molecule has 8 fully saturated rings. The largest absolute Gasteiger partial charge is 0.394 e. The van der Waals surface area contributed by atoms with Crippen molar-refractivity contribution in [2.24, 2.45) is 50.7 Å². The second-order valence-electron chi connectivity index (χ2n) is 18.8. The molecule has 0 aromatic heterocycles. The highest BCUT2D eigenvalue weighted by Crippen LogP contribution is 2.89. The molecule has 3 heterocycles. The first-order valence-corrected chi connectivity index (χ1v) is 19.1. The standard InChI is InChI=1S/C37H60O13/c1-16-10-23(40)47-19-12-35(5)30-18(48-32-29(45)27(43)26(42)20(13-38)49-32)11-21-33(2,3)22(50-31-28(44)25(41)17(39)14-46-31)6-7-36(21)15-37(30,36)9-8-34(35,4)24(16)19/h16-32,38-45H,6-15H2,1-5H3/t16-,17-,18+,19+,20+,21?,22+,23?,24+,25+,26+,27-,28-,29+,30+,31+,32+,34-,35+,36-,37+/m1/s1. The van der Waals surface area contributed by atoms with Gasteiger partial charge in [0, 0.05) is 6.42 Å².